The summed E-state index contributed by atoms with van der Waals surface area (Å²) in [6, 6.07) is 6.10. The van der Waals surface area contributed by atoms with Gasteiger partial charge in [-0.1, -0.05) is 19.1 Å². The fraction of sp³-hybridized carbons (Fsp3) is 0.417. The highest BCUT2D eigenvalue weighted by atomic mass is 32.2. The Labute approximate surface area is 108 Å². The van der Waals surface area contributed by atoms with Crippen molar-refractivity contribution in [3.8, 4) is 0 Å². The van der Waals surface area contributed by atoms with Gasteiger partial charge in [0.1, 0.15) is 5.84 Å². The number of nitrogens with two attached hydrogens (primary N) is 1. The number of nitrogens with one attached hydrogen (secondary N) is 1. The highest BCUT2D eigenvalue weighted by Crippen LogP contribution is 2.12. The zero-order valence-electron chi connectivity index (χ0n) is 10.7. The van der Waals surface area contributed by atoms with Crippen molar-refractivity contribution in [3.05, 3.63) is 29.8 Å². The second-order valence-electron chi connectivity index (χ2n) is 4.15. The quantitative estimate of drug-likeness (QED) is 0.588. The third kappa shape index (κ3) is 3.82. The predicted octanol–water partition coefficient (Wildman–Crippen LogP) is 0.696. The van der Waals surface area contributed by atoms with Crippen LogP contribution in [0.3, 0.4) is 0 Å². The monoisotopic (exact) mass is 269 g/mol. The Morgan fingerprint density at radius 3 is 2.33 bits per heavy atom. The van der Waals surface area contributed by atoms with Crippen LogP contribution < -0.4 is 5.73 Å². The number of benzene rings is 1. The van der Waals surface area contributed by atoms with Gasteiger partial charge in [0.05, 0.1) is 10.6 Å². The van der Waals surface area contributed by atoms with Crippen LogP contribution in [0.4, 0.5) is 0 Å². The number of sulfone groups is 1. The first-order chi connectivity index (χ1) is 8.36. The highest BCUT2D eigenvalue weighted by Gasteiger charge is 2.15. The predicted molar refractivity (Wildman–Crippen MR) is 72.7 cm³/mol. The summed E-state index contributed by atoms with van der Waals surface area (Å²) in [7, 11) is -1.38. The van der Waals surface area contributed by atoms with Gasteiger partial charge in [-0.3, -0.25) is 5.41 Å². The summed E-state index contributed by atoms with van der Waals surface area (Å²) in [4.78, 5) is 2.22. The van der Waals surface area contributed by atoms with Gasteiger partial charge in [-0.25, -0.2) is 8.42 Å². The molecule has 0 radical (unpaired) electrons. The summed E-state index contributed by atoms with van der Waals surface area (Å²) < 4.78 is 24.0. The maximum atomic E-state index is 12.0. The molecular formula is C12H19N3O2S. The molecule has 0 amide bonds. The number of hydrogen-bond acceptors (Lipinski definition) is 4. The van der Waals surface area contributed by atoms with Crippen molar-refractivity contribution in [1.82, 2.24) is 4.90 Å². The summed E-state index contributed by atoms with van der Waals surface area (Å²) in [5.41, 5.74) is 5.84. The van der Waals surface area contributed by atoms with E-state index in [2.05, 4.69) is 0 Å². The molecule has 0 atom stereocenters. The van der Waals surface area contributed by atoms with Crippen LogP contribution in [0.5, 0.6) is 0 Å². The standard InChI is InChI=1S/C12H19N3O2S/c1-3-15(2)8-9-18(16,17)11-6-4-10(5-7-11)12(13)14/h4-7H,3,8-9H2,1-2H3,(H3,13,14). The highest BCUT2D eigenvalue weighted by molar-refractivity contribution is 7.91. The molecule has 0 bridgehead atoms. The summed E-state index contributed by atoms with van der Waals surface area (Å²) in [5.74, 6) is 0.0289. The molecule has 1 aromatic carbocycles. The van der Waals surface area contributed by atoms with E-state index in [0.29, 0.717) is 12.1 Å². The maximum absolute atomic E-state index is 12.0. The second-order valence-corrected chi connectivity index (χ2v) is 6.26. The van der Waals surface area contributed by atoms with E-state index in [9.17, 15) is 8.42 Å². The molecule has 0 saturated carbocycles. The first kappa shape index (κ1) is 14.7. The molecule has 5 nitrogen and oxygen atoms in total. The van der Waals surface area contributed by atoms with Gasteiger partial charge < -0.3 is 10.6 Å². The van der Waals surface area contributed by atoms with Crippen LogP contribution in [-0.2, 0) is 9.84 Å². The SMILES string of the molecule is CCN(C)CCS(=O)(=O)c1ccc(C(=N)N)cc1. The van der Waals surface area contributed by atoms with E-state index in [-0.39, 0.29) is 16.5 Å². The molecule has 0 unspecified atom stereocenters. The molecule has 0 heterocycles. The van der Waals surface area contributed by atoms with Crippen molar-refractivity contribution in [3.63, 3.8) is 0 Å². The van der Waals surface area contributed by atoms with Gasteiger partial charge in [-0.2, -0.15) is 0 Å². The van der Waals surface area contributed by atoms with Crippen LogP contribution in [0.25, 0.3) is 0 Å². The van der Waals surface area contributed by atoms with E-state index in [0.717, 1.165) is 6.54 Å². The first-order valence-electron chi connectivity index (χ1n) is 5.72. The minimum atomic E-state index is -3.26. The van der Waals surface area contributed by atoms with Crippen molar-refractivity contribution in [2.45, 2.75) is 11.8 Å². The van der Waals surface area contributed by atoms with Crippen LogP contribution in [-0.4, -0.2) is 45.0 Å². The van der Waals surface area contributed by atoms with E-state index in [4.69, 9.17) is 11.1 Å². The molecule has 3 N–H and O–H groups in total. The Morgan fingerprint density at radius 1 is 1.33 bits per heavy atom. The van der Waals surface area contributed by atoms with Gasteiger partial charge in [-0.15, -0.1) is 0 Å². The molecular weight excluding hydrogens is 250 g/mol. The summed E-state index contributed by atoms with van der Waals surface area (Å²) in [6.07, 6.45) is 0. The maximum Gasteiger partial charge on any atom is 0.179 e. The Kier molecular flexibility index (Phi) is 4.86. The van der Waals surface area contributed by atoms with E-state index in [1.54, 1.807) is 12.1 Å². The van der Waals surface area contributed by atoms with Crippen LogP contribution in [0, 0.1) is 5.41 Å². The molecule has 0 fully saturated rings. The molecule has 0 aliphatic rings. The van der Waals surface area contributed by atoms with Crippen LogP contribution in [0.2, 0.25) is 0 Å². The average Bonchev–Trinajstić information content (AvgIpc) is 2.36. The average molecular weight is 269 g/mol. The zero-order chi connectivity index (χ0) is 13.8. The minimum Gasteiger partial charge on any atom is -0.384 e. The largest absolute Gasteiger partial charge is 0.384 e. The lowest BCUT2D eigenvalue weighted by molar-refractivity contribution is 0.373. The van der Waals surface area contributed by atoms with Crippen molar-refractivity contribution in [1.29, 1.82) is 5.41 Å². The van der Waals surface area contributed by atoms with E-state index in [1.807, 2.05) is 18.9 Å². The fourth-order valence-electron chi connectivity index (χ4n) is 1.39. The van der Waals surface area contributed by atoms with Crippen molar-refractivity contribution in [2.24, 2.45) is 5.73 Å². The molecule has 6 heteroatoms. The Bertz CT molecular complexity index is 509. The molecule has 0 aliphatic carbocycles. The van der Waals surface area contributed by atoms with E-state index >= 15 is 0 Å². The number of nitrogen functional groups attached to an aromatic ring is 1. The first-order valence-corrected chi connectivity index (χ1v) is 7.38. The van der Waals surface area contributed by atoms with Gasteiger partial charge in [0.2, 0.25) is 0 Å². The Hall–Kier alpha value is -1.40. The number of amidine groups is 1. The molecule has 0 aliphatic heterocycles. The molecule has 1 aromatic rings. The lowest BCUT2D eigenvalue weighted by Gasteiger charge is -2.13. The minimum absolute atomic E-state index is 0.0651. The second kappa shape index (κ2) is 5.97. The van der Waals surface area contributed by atoms with Crippen LogP contribution >= 0.6 is 0 Å². The van der Waals surface area contributed by atoms with E-state index in [1.165, 1.54) is 12.1 Å². The van der Waals surface area contributed by atoms with Gasteiger partial charge >= 0.3 is 0 Å². The molecule has 1 rings (SSSR count). The fourth-order valence-corrected chi connectivity index (χ4v) is 2.73. The lowest BCUT2D eigenvalue weighted by atomic mass is 10.2. The van der Waals surface area contributed by atoms with Crippen LogP contribution in [0.1, 0.15) is 12.5 Å². The van der Waals surface area contributed by atoms with E-state index < -0.39 is 9.84 Å². The summed E-state index contributed by atoms with van der Waals surface area (Å²) in [6.45, 7) is 3.31. The van der Waals surface area contributed by atoms with Crippen molar-refractivity contribution in [2.75, 3.05) is 25.9 Å². The van der Waals surface area contributed by atoms with Gasteiger partial charge in [0.15, 0.2) is 9.84 Å². The van der Waals surface area contributed by atoms with Crippen LogP contribution in [0.15, 0.2) is 29.2 Å². The number of rotatable bonds is 6. The summed E-state index contributed by atoms with van der Waals surface area (Å²) >= 11 is 0. The van der Waals surface area contributed by atoms with Crippen molar-refractivity contribution >= 4 is 15.7 Å². The van der Waals surface area contributed by atoms with Gasteiger partial charge in [0, 0.05) is 12.1 Å². The molecule has 0 saturated heterocycles. The summed E-state index contributed by atoms with van der Waals surface area (Å²) in [5, 5.41) is 7.25. The number of nitrogens with zero attached hydrogens (tertiary/aromatic N) is 1. The van der Waals surface area contributed by atoms with Crippen molar-refractivity contribution < 1.29 is 8.42 Å². The van der Waals surface area contributed by atoms with Gasteiger partial charge in [-0.05, 0) is 25.7 Å². The lowest BCUT2D eigenvalue weighted by Crippen LogP contribution is -2.25. The topological polar surface area (TPSA) is 87.2 Å². The third-order valence-electron chi connectivity index (χ3n) is 2.81. The van der Waals surface area contributed by atoms with Gasteiger partial charge in [0.25, 0.3) is 0 Å². The Balaban J connectivity index is 2.82. The smallest absolute Gasteiger partial charge is 0.179 e. The normalized spacial score (nSPS) is 11.7. The Morgan fingerprint density at radius 2 is 1.89 bits per heavy atom. The number of hydrogen-bond donors (Lipinski definition) is 2. The zero-order valence-corrected chi connectivity index (χ0v) is 11.5. The molecule has 100 valence electrons. The molecule has 18 heavy (non-hydrogen) atoms. The molecule has 0 aromatic heterocycles. The third-order valence-corrected chi connectivity index (χ3v) is 4.52. The molecule has 0 spiro atoms.